The lowest BCUT2D eigenvalue weighted by atomic mass is 9.81. The Labute approximate surface area is 123 Å². The van der Waals surface area contributed by atoms with Crippen molar-refractivity contribution in [1.29, 1.82) is 0 Å². The standard InChI is InChI=1S/C14H21N5O2/c1-9(19-8-15-7-16-19)13-17-12(18-21-13)10-5-6-20-11(10)14(2,3)4/h7-11H,5-6H2,1-4H3/t9?,10-,11-/m0/s1. The van der Waals surface area contributed by atoms with Crippen LogP contribution in [0.25, 0.3) is 0 Å². The molecular formula is C14H21N5O2. The minimum atomic E-state index is -0.121. The van der Waals surface area contributed by atoms with Gasteiger partial charge in [0.25, 0.3) is 5.89 Å². The normalized spacial score (nSPS) is 24.4. The van der Waals surface area contributed by atoms with E-state index in [1.54, 1.807) is 11.0 Å². The zero-order valence-electron chi connectivity index (χ0n) is 12.9. The van der Waals surface area contributed by atoms with Gasteiger partial charge < -0.3 is 9.26 Å². The molecule has 0 spiro atoms. The van der Waals surface area contributed by atoms with Gasteiger partial charge >= 0.3 is 0 Å². The number of hydrogen-bond acceptors (Lipinski definition) is 6. The second-order valence-corrected chi connectivity index (χ2v) is 6.59. The summed E-state index contributed by atoms with van der Waals surface area (Å²) in [5.74, 6) is 1.47. The first-order valence-electron chi connectivity index (χ1n) is 7.26. The Balaban J connectivity index is 1.82. The van der Waals surface area contributed by atoms with E-state index in [9.17, 15) is 0 Å². The molecule has 1 saturated heterocycles. The molecule has 21 heavy (non-hydrogen) atoms. The van der Waals surface area contributed by atoms with Crippen molar-refractivity contribution in [2.75, 3.05) is 6.61 Å². The van der Waals surface area contributed by atoms with E-state index in [1.165, 1.54) is 6.33 Å². The number of nitrogens with zero attached hydrogens (tertiary/aromatic N) is 5. The predicted octanol–water partition coefficient (Wildman–Crippen LogP) is 2.19. The fraction of sp³-hybridized carbons (Fsp3) is 0.714. The van der Waals surface area contributed by atoms with E-state index in [2.05, 4.69) is 41.0 Å². The zero-order chi connectivity index (χ0) is 15.0. The van der Waals surface area contributed by atoms with Crippen LogP contribution in [0.3, 0.4) is 0 Å². The molecule has 1 unspecified atom stereocenters. The molecule has 3 atom stereocenters. The molecule has 114 valence electrons. The Hall–Kier alpha value is -1.76. The Morgan fingerprint density at radius 1 is 1.38 bits per heavy atom. The van der Waals surface area contributed by atoms with Crippen LogP contribution in [0.15, 0.2) is 17.2 Å². The number of rotatable bonds is 3. The molecule has 1 aliphatic heterocycles. The van der Waals surface area contributed by atoms with Crippen molar-refractivity contribution < 1.29 is 9.26 Å². The molecule has 7 nitrogen and oxygen atoms in total. The molecule has 7 heteroatoms. The molecule has 3 rings (SSSR count). The number of hydrogen-bond donors (Lipinski definition) is 0. The Morgan fingerprint density at radius 2 is 2.19 bits per heavy atom. The van der Waals surface area contributed by atoms with Gasteiger partial charge in [0.2, 0.25) is 0 Å². The quantitative estimate of drug-likeness (QED) is 0.862. The fourth-order valence-corrected chi connectivity index (χ4v) is 2.81. The maximum atomic E-state index is 5.88. The molecule has 2 aromatic heterocycles. The molecule has 0 N–H and O–H groups in total. The van der Waals surface area contributed by atoms with Crippen LogP contribution in [-0.2, 0) is 4.74 Å². The number of ether oxygens (including phenoxy) is 1. The molecule has 0 radical (unpaired) electrons. The Bertz CT molecular complexity index is 587. The summed E-state index contributed by atoms with van der Waals surface area (Å²) < 4.78 is 13.0. The first kappa shape index (κ1) is 14.2. The van der Waals surface area contributed by atoms with Crippen molar-refractivity contribution in [2.24, 2.45) is 5.41 Å². The van der Waals surface area contributed by atoms with E-state index in [0.717, 1.165) is 18.9 Å². The molecule has 2 aromatic rings. The summed E-state index contributed by atoms with van der Waals surface area (Å²) in [6.07, 6.45) is 4.18. The number of aromatic nitrogens is 5. The molecule has 0 amide bonds. The van der Waals surface area contributed by atoms with Crippen molar-refractivity contribution in [2.45, 2.75) is 52.2 Å². The monoisotopic (exact) mass is 291 g/mol. The third kappa shape index (κ3) is 2.70. The van der Waals surface area contributed by atoms with E-state index in [4.69, 9.17) is 9.26 Å². The largest absolute Gasteiger partial charge is 0.377 e. The first-order chi connectivity index (χ1) is 9.97. The summed E-state index contributed by atoms with van der Waals surface area (Å²) in [5, 5.41) is 8.27. The van der Waals surface area contributed by atoms with Crippen LogP contribution < -0.4 is 0 Å². The minimum Gasteiger partial charge on any atom is -0.377 e. The lowest BCUT2D eigenvalue weighted by Gasteiger charge is -2.29. The molecule has 1 aliphatic rings. The van der Waals surface area contributed by atoms with Crippen LogP contribution in [0.1, 0.15) is 57.8 Å². The van der Waals surface area contributed by atoms with Crippen molar-refractivity contribution in [3.05, 3.63) is 24.4 Å². The Kier molecular flexibility index (Phi) is 3.52. The molecule has 1 fully saturated rings. The van der Waals surface area contributed by atoms with Gasteiger partial charge in [-0.15, -0.1) is 0 Å². The smallest absolute Gasteiger partial charge is 0.251 e. The van der Waals surface area contributed by atoms with Crippen molar-refractivity contribution in [3.63, 3.8) is 0 Å². The lowest BCUT2D eigenvalue weighted by Crippen LogP contribution is -2.30. The van der Waals surface area contributed by atoms with Crippen LogP contribution in [0, 0.1) is 5.41 Å². The van der Waals surface area contributed by atoms with Gasteiger partial charge in [-0.2, -0.15) is 10.1 Å². The van der Waals surface area contributed by atoms with Crippen LogP contribution in [0.5, 0.6) is 0 Å². The second-order valence-electron chi connectivity index (χ2n) is 6.59. The van der Waals surface area contributed by atoms with E-state index >= 15 is 0 Å². The summed E-state index contributed by atoms with van der Waals surface area (Å²) in [4.78, 5) is 8.50. The third-order valence-electron chi connectivity index (χ3n) is 3.93. The summed E-state index contributed by atoms with van der Waals surface area (Å²) in [5.41, 5.74) is 0.0550. The molecule has 0 bridgehead atoms. The van der Waals surface area contributed by atoms with Crippen LogP contribution in [-0.4, -0.2) is 37.6 Å². The van der Waals surface area contributed by atoms with E-state index < -0.39 is 0 Å². The van der Waals surface area contributed by atoms with Gasteiger partial charge in [0.15, 0.2) is 5.82 Å². The van der Waals surface area contributed by atoms with E-state index in [1.807, 2.05) is 6.92 Å². The summed E-state index contributed by atoms with van der Waals surface area (Å²) in [6, 6.07) is -0.121. The van der Waals surface area contributed by atoms with Gasteiger partial charge in [-0.3, -0.25) is 0 Å². The molecule has 0 aromatic carbocycles. The topological polar surface area (TPSA) is 78.9 Å². The average molecular weight is 291 g/mol. The van der Waals surface area contributed by atoms with Crippen molar-refractivity contribution >= 4 is 0 Å². The first-order valence-corrected chi connectivity index (χ1v) is 7.26. The van der Waals surface area contributed by atoms with Gasteiger partial charge in [0, 0.05) is 6.61 Å². The maximum Gasteiger partial charge on any atom is 0.251 e. The van der Waals surface area contributed by atoms with Gasteiger partial charge in [-0.1, -0.05) is 25.9 Å². The average Bonchev–Trinajstić information content (AvgIpc) is 3.16. The van der Waals surface area contributed by atoms with Crippen LogP contribution >= 0.6 is 0 Å². The maximum absolute atomic E-state index is 5.88. The van der Waals surface area contributed by atoms with Gasteiger partial charge in [-0.25, -0.2) is 9.67 Å². The van der Waals surface area contributed by atoms with Crippen molar-refractivity contribution in [1.82, 2.24) is 24.9 Å². The second kappa shape index (κ2) is 5.22. The highest BCUT2D eigenvalue weighted by atomic mass is 16.5. The van der Waals surface area contributed by atoms with Gasteiger partial charge in [0.05, 0.1) is 12.0 Å². The molecular weight excluding hydrogens is 270 g/mol. The zero-order valence-corrected chi connectivity index (χ0v) is 12.9. The van der Waals surface area contributed by atoms with Gasteiger partial charge in [0.1, 0.15) is 18.7 Å². The van der Waals surface area contributed by atoms with Crippen LogP contribution in [0.2, 0.25) is 0 Å². The molecule has 3 heterocycles. The summed E-state index contributed by atoms with van der Waals surface area (Å²) in [7, 11) is 0. The highest BCUT2D eigenvalue weighted by Gasteiger charge is 2.40. The van der Waals surface area contributed by atoms with E-state index in [-0.39, 0.29) is 23.5 Å². The predicted molar refractivity (Wildman–Crippen MR) is 74.7 cm³/mol. The van der Waals surface area contributed by atoms with Crippen molar-refractivity contribution in [3.8, 4) is 0 Å². The van der Waals surface area contributed by atoms with E-state index in [0.29, 0.717) is 5.89 Å². The third-order valence-corrected chi connectivity index (χ3v) is 3.93. The molecule has 0 aliphatic carbocycles. The summed E-state index contributed by atoms with van der Waals surface area (Å²) >= 11 is 0. The summed E-state index contributed by atoms with van der Waals surface area (Å²) in [6.45, 7) is 9.23. The SMILES string of the molecule is CC(c1nc([C@H]2CCO[C@@H]2C(C)(C)C)no1)n1cncn1. The van der Waals surface area contributed by atoms with Gasteiger partial charge in [-0.05, 0) is 18.8 Å². The lowest BCUT2D eigenvalue weighted by molar-refractivity contribution is 0.0193. The molecule has 0 saturated carbocycles. The van der Waals surface area contributed by atoms with Crippen LogP contribution in [0.4, 0.5) is 0 Å². The minimum absolute atomic E-state index is 0.0550. The highest BCUT2D eigenvalue weighted by Crippen LogP contribution is 2.39. The highest BCUT2D eigenvalue weighted by molar-refractivity contribution is 5.06. The fourth-order valence-electron chi connectivity index (χ4n) is 2.81. The Morgan fingerprint density at radius 3 is 2.86 bits per heavy atom.